The van der Waals surface area contributed by atoms with Gasteiger partial charge in [-0.15, -0.1) is 0 Å². The Morgan fingerprint density at radius 1 is 1.13 bits per heavy atom. The van der Waals surface area contributed by atoms with Gasteiger partial charge in [-0.25, -0.2) is 0 Å². The van der Waals surface area contributed by atoms with Gasteiger partial charge in [-0.05, 0) is 91.8 Å². The lowest BCUT2D eigenvalue weighted by atomic mass is 9.42. The first-order valence-corrected chi connectivity index (χ1v) is 12.5. The minimum Gasteiger partial charge on any atom is -0.469 e. The largest absolute Gasteiger partial charge is 0.469 e. The van der Waals surface area contributed by atoms with Crippen molar-refractivity contribution in [3.05, 3.63) is 12.2 Å². The van der Waals surface area contributed by atoms with E-state index in [1.807, 2.05) is 0 Å². The number of ketones is 1. The standard InChI is InChI=1S/C27H42O3/c1-6-18-20-9-7-8-15-26(20,3)22-14-16-27(4)19(17(2)10-13-23(28)30-5)11-12-21(27)24(22)25(18)29/h7-8,17-22,24H,6,9-16H2,1-5H3/t17-,18-,19-,20+,21?,22?,24?,26+,27-/m1/s1. The molecule has 3 heteroatoms. The third kappa shape index (κ3) is 3.21. The van der Waals surface area contributed by atoms with E-state index >= 15 is 0 Å². The van der Waals surface area contributed by atoms with Crippen LogP contribution in [0, 0.1) is 52.3 Å². The van der Waals surface area contributed by atoms with Gasteiger partial charge in [-0.2, -0.15) is 0 Å². The van der Waals surface area contributed by atoms with E-state index < -0.39 is 0 Å². The average Bonchev–Trinajstić information content (AvgIpc) is 3.09. The van der Waals surface area contributed by atoms with Crippen LogP contribution in [0.3, 0.4) is 0 Å². The van der Waals surface area contributed by atoms with Gasteiger partial charge in [-0.1, -0.05) is 39.8 Å². The van der Waals surface area contributed by atoms with Crippen LogP contribution >= 0.6 is 0 Å². The van der Waals surface area contributed by atoms with E-state index in [0.717, 1.165) is 25.7 Å². The summed E-state index contributed by atoms with van der Waals surface area (Å²) in [5, 5.41) is 0. The van der Waals surface area contributed by atoms with Crippen LogP contribution in [0.1, 0.15) is 85.5 Å². The molecule has 9 atom stereocenters. The van der Waals surface area contributed by atoms with Crippen LogP contribution in [0.15, 0.2) is 12.2 Å². The molecule has 30 heavy (non-hydrogen) atoms. The Bertz CT molecular complexity index is 711. The maximum atomic E-state index is 13.9. The predicted molar refractivity (Wildman–Crippen MR) is 120 cm³/mol. The van der Waals surface area contributed by atoms with Crippen LogP contribution in [0.2, 0.25) is 0 Å². The number of hydrogen-bond acceptors (Lipinski definition) is 3. The van der Waals surface area contributed by atoms with Crippen molar-refractivity contribution in [3.8, 4) is 0 Å². The maximum absolute atomic E-state index is 13.9. The fraction of sp³-hybridized carbons (Fsp3) is 0.852. The molecule has 0 aliphatic heterocycles. The van der Waals surface area contributed by atoms with Crippen molar-refractivity contribution in [2.45, 2.75) is 85.5 Å². The van der Waals surface area contributed by atoms with Gasteiger partial charge in [-0.3, -0.25) is 9.59 Å². The SMILES string of the molecule is CC[C@H]1C(=O)C2C3CC[C@H]([C@H](C)CCC(=O)OC)[C@@]3(C)CCC2[C@@]2(C)CC=CC[C@@H]12. The molecule has 0 spiro atoms. The van der Waals surface area contributed by atoms with Gasteiger partial charge in [0.05, 0.1) is 7.11 Å². The number of methoxy groups -OCH3 is 1. The summed E-state index contributed by atoms with van der Waals surface area (Å²) in [5.74, 6) is 3.80. The second-order valence-electron chi connectivity index (χ2n) is 11.5. The Morgan fingerprint density at radius 3 is 2.57 bits per heavy atom. The first-order chi connectivity index (χ1) is 14.3. The van der Waals surface area contributed by atoms with E-state index in [-0.39, 0.29) is 23.2 Å². The highest BCUT2D eigenvalue weighted by molar-refractivity contribution is 5.86. The van der Waals surface area contributed by atoms with E-state index in [9.17, 15) is 9.59 Å². The first kappa shape index (κ1) is 22.1. The minimum absolute atomic E-state index is 0.0946. The quantitative estimate of drug-likeness (QED) is 0.396. The normalized spacial score (nSPS) is 46.0. The molecule has 4 aliphatic rings. The third-order valence-electron chi connectivity index (χ3n) is 10.5. The van der Waals surface area contributed by atoms with E-state index in [4.69, 9.17) is 4.74 Å². The molecule has 0 N–H and O–H groups in total. The number of esters is 1. The first-order valence-electron chi connectivity index (χ1n) is 12.5. The summed E-state index contributed by atoms with van der Waals surface area (Å²) in [7, 11) is 1.48. The number of Topliss-reactive ketones (excluding diaryl/α,β-unsaturated/α-hetero) is 1. The van der Waals surface area contributed by atoms with Crippen molar-refractivity contribution in [1.29, 1.82) is 0 Å². The van der Waals surface area contributed by atoms with Crippen molar-refractivity contribution in [1.82, 2.24) is 0 Å². The molecule has 3 fully saturated rings. The lowest BCUT2D eigenvalue weighted by Crippen LogP contribution is -2.59. The summed E-state index contributed by atoms with van der Waals surface area (Å²) in [4.78, 5) is 25.6. The number of hydrogen-bond donors (Lipinski definition) is 0. The van der Waals surface area contributed by atoms with Crippen LogP contribution in [0.5, 0.6) is 0 Å². The minimum atomic E-state index is -0.0946. The Hall–Kier alpha value is -1.12. The summed E-state index contributed by atoms with van der Waals surface area (Å²) >= 11 is 0. The summed E-state index contributed by atoms with van der Waals surface area (Å²) in [6.45, 7) is 9.57. The topological polar surface area (TPSA) is 43.4 Å². The van der Waals surface area contributed by atoms with Crippen molar-refractivity contribution >= 4 is 11.8 Å². The number of carbonyl (C=O) groups is 2. The van der Waals surface area contributed by atoms with Crippen molar-refractivity contribution < 1.29 is 14.3 Å². The average molecular weight is 415 g/mol. The molecule has 0 saturated heterocycles. The van der Waals surface area contributed by atoms with Gasteiger partial charge < -0.3 is 4.74 Å². The maximum Gasteiger partial charge on any atom is 0.305 e. The van der Waals surface area contributed by atoms with Crippen LogP contribution in [-0.2, 0) is 14.3 Å². The second kappa shape index (κ2) is 8.10. The van der Waals surface area contributed by atoms with Crippen LogP contribution in [0.25, 0.3) is 0 Å². The molecule has 0 heterocycles. The number of carbonyl (C=O) groups excluding carboxylic acids is 2. The molecule has 4 rings (SSSR count). The molecular weight excluding hydrogens is 372 g/mol. The molecule has 0 radical (unpaired) electrons. The second-order valence-corrected chi connectivity index (χ2v) is 11.5. The van der Waals surface area contributed by atoms with Gasteiger partial charge in [0.2, 0.25) is 0 Å². The van der Waals surface area contributed by atoms with E-state index in [1.54, 1.807) is 0 Å². The lowest BCUT2D eigenvalue weighted by molar-refractivity contribution is -0.163. The number of ether oxygens (including phenoxy) is 1. The van der Waals surface area contributed by atoms with Crippen LogP contribution in [0.4, 0.5) is 0 Å². The van der Waals surface area contributed by atoms with Gasteiger partial charge in [0.1, 0.15) is 5.78 Å². The molecule has 168 valence electrons. The number of allylic oxidation sites excluding steroid dienone is 2. The molecule has 3 nitrogen and oxygen atoms in total. The predicted octanol–water partition coefficient (Wildman–Crippen LogP) is 6.22. The van der Waals surface area contributed by atoms with Gasteiger partial charge in [0, 0.05) is 18.3 Å². The van der Waals surface area contributed by atoms with Crippen molar-refractivity contribution in [2.75, 3.05) is 7.11 Å². The number of rotatable bonds is 5. The zero-order valence-electron chi connectivity index (χ0n) is 19.8. The zero-order valence-corrected chi connectivity index (χ0v) is 19.8. The van der Waals surface area contributed by atoms with E-state index in [0.29, 0.717) is 47.2 Å². The molecule has 0 amide bonds. The Kier molecular flexibility index (Phi) is 5.96. The molecule has 0 aromatic carbocycles. The number of fused-ring (bicyclic) bond motifs is 5. The van der Waals surface area contributed by atoms with Gasteiger partial charge >= 0.3 is 5.97 Å². The smallest absolute Gasteiger partial charge is 0.305 e. The van der Waals surface area contributed by atoms with Crippen molar-refractivity contribution in [3.63, 3.8) is 0 Å². The van der Waals surface area contributed by atoms with E-state index in [2.05, 4.69) is 39.8 Å². The highest BCUT2D eigenvalue weighted by Gasteiger charge is 2.64. The Balaban J connectivity index is 1.60. The monoisotopic (exact) mass is 414 g/mol. The van der Waals surface area contributed by atoms with E-state index in [1.165, 1.54) is 32.8 Å². The highest BCUT2D eigenvalue weighted by Crippen LogP contribution is 2.68. The molecule has 0 aromatic heterocycles. The summed E-state index contributed by atoms with van der Waals surface area (Å²) < 4.78 is 4.88. The molecule has 4 aliphatic carbocycles. The molecule has 3 unspecified atom stereocenters. The Labute approximate surface area is 183 Å². The van der Waals surface area contributed by atoms with Crippen molar-refractivity contribution in [2.24, 2.45) is 52.3 Å². The third-order valence-corrected chi connectivity index (χ3v) is 10.5. The molecular formula is C27H42O3. The fourth-order valence-corrected chi connectivity index (χ4v) is 8.88. The Morgan fingerprint density at radius 2 is 1.87 bits per heavy atom. The molecule has 3 saturated carbocycles. The highest BCUT2D eigenvalue weighted by atomic mass is 16.5. The van der Waals surface area contributed by atoms with Crippen LogP contribution in [-0.4, -0.2) is 18.9 Å². The summed E-state index contributed by atoms with van der Waals surface area (Å²) in [6, 6.07) is 0. The zero-order chi connectivity index (χ0) is 21.7. The summed E-state index contributed by atoms with van der Waals surface area (Å²) in [6.07, 6.45) is 14.3. The summed E-state index contributed by atoms with van der Waals surface area (Å²) in [5.41, 5.74) is 0.544. The molecule has 0 bridgehead atoms. The van der Waals surface area contributed by atoms with Gasteiger partial charge in [0.25, 0.3) is 0 Å². The molecule has 0 aromatic rings. The lowest BCUT2D eigenvalue weighted by Gasteiger charge is -2.61. The van der Waals surface area contributed by atoms with Crippen LogP contribution < -0.4 is 0 Å². The fourth-order valence-electron chi connectivity index (χ4n) is 8.88. The van der Waals surface area contributed by atoms with Gasteiger partial charge in [0.15, 0.2) is 0 Å².